The number of carbonyl (C=O) groups excluding carboxylic acids is 2. The largest absolute Gasteiger partial charge is 0.494 e. The van der Waals surface area contributed by atoms with E-state index in [1.165, 1.54) is 19.8 Å². The lowest BCUT2D eigenvalue weighted by atomic mass is 9.98. The van der Waals surface area contributed by atoms with Gasteiger partial charge in [-0.15, -0.1) is 0 Å². The van der Waals surface area contributed by atoms with E-state index in [0.717, 1.165) is 19.6 Å². The summed E-state index contributed by atoms with van der Waals surface area (Å²) < 4.78 is 5.62. The second-order valence-corrected chi connectivity index (χ2v) is 6.61. The van der Waals surface area contributed by atoms with Crippen molar-refractivity contribution in [3.05, 3.63) is 29.8 Å². The highest BCUT2D eigenvalue weighted by molar-refractivity contribution is 5.94. The van der Waals surface area contributed by atoms with Crippen LogP contribution in [0.25, 0.3) is 0 Å². The first kappa shape index (κ1) is 18.5. The van der Waals surface area contributed by atoms with Crippen molar-refractivity contribution in [3.63, 3.8) is 0 Å². The Morgan fingerprint density at radius 2 is 2.21 bits per heavy atom. The van der Waals surface area contributed by atoms with Crippen LogP contribution < -0.4 is 10.1 Å². The van der Waals surface area contributed by atoms with Crippen molar-refractivity contribution in [2.24, 2.45) is 5.92 Å². The third-order valence-corrected chi connectivity index (χ3v) is 4.37. The second-order valence-electron chi connectivity index (χ2n) is 6.61. The summed E-state index contributed by atoms with van der Waals surface area (Å²) >= 11 is 0. The van der Waals surface area contributed by atoms with Crippen LogP contribution in [0.2, 0.25) is 0 Å². The SMILES string of the molecule is CC(=O)c1cccc(OCCCC(=O)NC[C@@H]2CCCN(C)C2)c1. The smallest absolute Gasteiger partial charge is 0.220 e. The van der Waals surface area contributed by atoms with E-state index in [-0.39, 0.29) is 11.7 Å². The minimum Gasteiger partial charge on any atom is -0.494 e. The number of ether oxygens (including phenoxy) is 1. The highest BCUT2D eigenvalue weighted by atomic mass is 16.5. The molecular formula is C19H28N2O3. The number of likely N-dealkylation sites (tertiary alicyclic amines) is 1. The van der Waals surface area contributed by atoms with E-state index in [9.17, 15) is 9.59 Å². The van der Waals surface area contributed by atoms with Crippen molar-refractivity contribution in [3.8, 4) is 5.75 Å². The Morgan fingerprint density at radius 3 is 2.96 bits per heavy atom. The molecule has 2 rings (SSSR count). The maximum absolute atomic E-state index is 11.9. The van der Waals surface area contributed by atoms with Gasteiger partial charge in [-0.05, 0) is 57.8 Å². The molecule has 0 bridgehead atoms. The van der Waals surface area contributed by atoms with Crippen molar-refractivity contribution in [2.45, 2.75) is 32.6 Å². The molecule has 1 aliphatic heterocycles. The molecule has 1 aromatic carbocycles. The van der Waals surface area contributed by atoms with E-state index in [1.54, 1.807) is 18.2 Å². The molecule has 24 heavy (non-hydrogen) atoms. The van der Waals surface area contributed by atoms with E-state index in [1.807, 2.05) is 6.07 Å². The molecule has 0 aliphatic carbocycles. The Balaban J connectivity index is 1.60. The minimum atomic E-state index is 0.0215. The number of hydrogen-bond acceptors (Lipinski definition) is 4. The van der Waals surface area contributed by atoms with Crippen molar-refractivity contribution < 1.29 is 14.3 Å². The summed E-state index contributed by atoms with van der Waals surface area (Å²) in [6.07, 6.45) is 3.54. The topological polar surface area (TPSA) is 58.6 Å². The number of nitrogens with one attached hydrogen (secondary N) is 1. The maximum Gasteiger partial charge on any atom is 0.220 e. The van der Waals surface area contributed by atoms with Crippen molar-refractivity contribution in [1.82, 2.24) is 10.2 Å². The molecular weight excluding hydrogens is 304 g/mol. The first-order chi connectivity index (χ1) is 11.5. The molecule has 1 aromatic rings. The van der Waals surface area contributed by atoms with Crippen molar-refractivity contribution in [1.29, 1.82) is 0 Å². The fraction of sp³-hybridized carbons (Fsp3) is 0.579. The van der Waals surface area contributed by atoms with Gasteiger partial charge in [-0.3, -0.25) is 9.59 Å². The van der Waals surface area contributed by atoms with Crippen LogP contribution in [0.15, 0.2) is 24.3 Å². The van der Waals surface area contributed by atoms with Gasteiger partial charge in [-0.1, -0.05) is 12.1 Å². The summed E-state index contributed by atoms with van der Waals surface area (Å²) in [6.45, 7) is 5.00. The van der Waals surface area contributed by atoms with Crippen LogP contribution in [0.1, 0.15) is 43.0 Å². The van der Waals surface area contributed by atoms with Gasteiger partial charge in [0, 0.05) is 25.1 Å². The van der Waals surface area contributed by atoms with Crippen LogP contribution in [0.4, 0.5) is 0 Å². The van der Waals surface area contributed by atoms with Gasteiger partial charge in [0.15, 0.2) is 5.78 Å². The molecule has 5 nitrogen and oxygen atoms in total. The first-order valence-electron chi connectivity index (χ1n) is 8.73. The molecule has 0 spiro atoms. The number of amides is 1. The van der Waals surface area contributed by atoms with Gasteiger partial charge < -0.3 is 15.0 Å². The van der Waals surface area contributed by atoms with Gasteiger partial charge in [0.05, 0.1) is 6.61 Å². The number of piperidine rings is 1. The number of Topliss-reactive ketones (excluding diaryl/α,β-unsaturated/α-hetero) is 1. The average molecular weight is 332 g/mol. The molecule has 5 heteroatoms. The average Bonchev–Trinajstić information content (AvgIpc) is 2.57. The van der Waals surface area contributed by atoms with E-state index in [0.29, 0.717) is 36.7 Å². The molecule has 1 N–H and O–H groups in total. The summed E-state index contributed by atoms with van der Waals surface area (Å²) in [5.74, 6) is 1.35. The molecule has 0 radical (unpaired) electrons. The molecule has 1 aliphatic rings. The zero-order chi connectivity index (χ0) is 17.4. The maximum atomic E-state index is 11.9. The summed E-state index contributed by atoms with van der Waals surface area (Å²) in [7, 11) is 2.13. The summed E-state index contributed by atoms with van der Waals surface area (Å²) in [5.41, 5.74) is 0.641. The predicted octanol–water partition coefficient (Wildman–Crippen LogP) is 2.51. The van der Waals surface area contributed by atoms with Crippen LogP contribution in [0, 0.1) is 5.92 Å². The second kappa shape index (κ2) is 9.42. The Bertz CT molecular complexity index is 559. The molecule has 1 atom stereocenters. The molecule has 1 fully saturated rings. The number of benzene rings is 1. The summed E-state index contributed by atoms with van der Waals surface area (Å²) in [5, 5.41) is 3.03. The zero-order valence-corrected chi connectivity index (χ0v) is 14.7. The lowest BCUT2D eigenvalue weighted by Crippen LogP contribution is -2.39. The molecule has 0 aromatic heterocycles. The van der Waals surface area contributed by atoms with Gasteiger partial charge in [-0.25, -0.2) is 0 Å². The molecule has 0 unspecified atom stereocenters. The third-order valence-electron chi connectivity index (χ3n) is 4.37. The normalized spacial score (nSPS) is 18.2. The van der Waals surface area contributed by atoms with Crippen molar-refractivity contribution >= 4 is 11.7 Å². The molecule has 1 heterocycles. The van der Waals surface area contributed by atoms with E-state index >= 15 is 0 Å². The Labute approximate surface area is 144 Å². The highest BCUT2D eigenvalue weighted by Gasteiger charge is 2.17. The molecule has 1 amide bonds. The van der Waals surface area contributed by atoms with Gasteiger partial charge in [0.1, 0.15) is 5.75 Å². The third kappa shape index (κ3) is 6.32. The number of carbonyl (C=O) groups is 2. The van der Waals surface area contributed by atoms with Crippen LogP contribution in [-0.2, 0) is 4.79 Å². The van der Waals surface area contributed by atoms with Gasteiger partial charge >= 0.3 is 0 Å². The quantitative estimate of drug-likeness (QED) is 0.587. The molecule has 0 saturated carbocycles. The number of rotatable bonds is 8. The molecule has 132 valence electrons. The lowest BCUT2D eigenvalue weighted by molar-refractivity contribution is -0.121. The molecule has 1 saturated heterocycles. The van der Waals surface area contributed by atoms with Gasteiger partial charge in [0.25, 0.3) is 0 Å². The van der Waals surface area contributed by atoms with Crippen molar-refractivity contribution in [2.75, 3.05) is 33.3 Å². The standard InChI is InChI=1S/C19H28N2O3/c1-15(22)17-7-3-8-18(12-17)24-11-5-9-19(23)20-13-16-6-4-10-21(2)14-16/h3,7-8,12,16H,4-6,9-11,13-14H2,1-2H3,(H,20,23)/t16-/m0/s1. The zero-order valence-electron chi connectivity index (χ0n) is 14.7. The van der Waals surface area contributed by atoms with Crippen LogP contribution in [-0.4, -0.2) is 49.9 Å². The first-order valence-corrected chi connectivity index (χ1v) is 8.73. The number of hydrogen-bond donors (Lipinski definition) is 1. The number of nitrogens with zero attached hydrogens (tertiary/aromatic N) is 1. The fourth-order valence-corrected chi connectivity index (χ4v) is 3.01. The summed E-state index contributed by atoms with van der Waals surface area (Å²) in [4.78, 5) is 25.5. The Hall–Kier alpha value is -1.88. The minimum absolute atomic E-state index is 0.0215. The Morgan fingerprint density at radius 1 is 1.38 bits per heavy atom. The van der Waals surface area contributed by atoms with Gasteiger partial charge in [0.2, 0.25) is 5.91 Å². The summed E-state index contributed by atoms with van der Waals surface area (Å²) in [6, 6.07) is 7.14. The Kier molecular flexibility index (Phi) is 7.25. The van der Waals surface area contributed by atoms with E-state index in [4.69, 9.17) is 4.74 Å². The van der Waals surface area contributed by atoms with Crippen LogP contribution in [0.5, 0.6) is 5.75 Å². The van der Waals surface area contributed by atoms with E-state index in [2.05, 4.69) is 17.3 Å². The lowest BCUT2D eigenvalue weighted by Gasteiger charge is -2.29. The number of ketones is 1. The predicted molar refractivity (Wildman–Crippen MR) is 94.4 cm³/mol. The van der Waals surface area contributed by atoms with E-state index < -0.39 is 0 Å². The highest BCUT2D eigenvalue weighted by Crippen LogP contribution is 2.15. The van der Waals surface area contributed by atoms with Crippen LogP contribution in [0.3, 0.4) is 0 Å². The van der Waals surface area contributed by atoms with Gasteiger partial charge in [-0.2, -0.15) is 0 Å². The van der Waals surface area contributed by atoms with Crippen LogP contribution >= 0.6 is 0 Å². The fourth-order valence-electron chi connectivity index (χ4n) is 3.01. The monoisotopic (exact) mass is 332 g/mol.